The summed E-state index contributed by atoms with van der Waals surface area (Å²) in [4.78, 5) is 37.3. The molecular formula is C61H104NO7+. The summed E-state index contributed by atoms with van der Waals surface area (Å²) in [7, 11) is 5.53. The van der Waals surface area contributed by atoms with Crippen LogP contribution in [0.1, 0.15) is 219 Å². The van der Waals surface area contributed by atoms with E-state index in [1.54, 1.807) is 0 Å². The molecule has 0 radical (unpaired) electrons. The average molecular weight is 964 g/mol. The maximum absolute atomic E-state index is 12.8. The minimum Gasteiger partial charge on any atom is -0.477 e. The van der Waals surface area contributed by atoms with E-state index in [1.165, 1.54) is 89.9 Å². The van der Waals surface area contributed by atoms with E-state index in [0.29, 0.717) is 19.3 Å². The van der Waals surface area contributed by atoms with Gasteiger partial charge in [-0.05, 0) is 89.9 Å². The maximum Gasteiger partial charge on any atom is 0.362 e. The Balaban J connectivity index is 4.22. The van der Waals surface area contributed by atoms with Crippen molar-refractivity contribution in [1.29, 1.82) is 0 Å². The Bertz CT molecular complexity index is 1450. The summed E-state index contributed by atoms with van der Waals surface area (Å²) < 4.78 is 17.4. The van der Waals surface area contributed by atoms with Gasteiger partial charge in [0.2, 0.25) is 0 Å². The maximum atomic E-state index is 12.8. The molecule has 0 aliphatic heterocycles. The molecule has 0 amide bonds. The minimum absolute atomic E-state index is 0.0529. The third kappa shape index (κ3) is 49.0. The molecule has 0 saturated heterocycles. The number of aliphatic carboxylic acids is 1. The molecule has 2 atom stereocenters. The van der Waals surface area contributed by atoms with E-state index in [2.05, 4.69) is 111 Å². The normalized spacial score (nSPS) is 13.6. The number of hydrogen-bond acceptors (Lipinski definition) is 6. The SMILES string of the molecule is CC/C=C/C/C=C/C/C=C/C/C=C/CCCCCCCCCCCCC(=O)OC(COCCC(C(=O)O)[N+](C)(C)C)COC(=O)CCCCCCCCCCC/C=C/C/C=C/C/C=C/C/C=C/CC. The van der Waals surface area contributed by atoms with E-state index in [-0.39, 0.29) is 36.2 Å². The molecular weight excluding hydrogens is 859 g/mol. The van der Waals surface area contributed by atoms with Crippen LogP contribution in [0.15, 0.2) is 97.2 Å². The fourth-order valence-electron chi connectivity index (χ4n) is 7.78. The van der Waals surface area contributed by atoms with Crippen LogP contribution in [0, 0.1) is 0 Å². The molecule has 0 spiro atoms. The van der Waals surface area contributed by atoms with Gasteiger partial charge in [0.25, 0.3) is 0 Å². The number of ether oxygens (including phenoxy) is 3. The summed E-state index contributed by atoms with van der Waals surface area (Å²) >= 11 is 0. The van der Waals surface area contributed by atoms with Gasteiger partial charge in [0, 0.05) is 19.3 Å². The van der Waals surface area contributed by atoms with Crippen molar-refractivity contribution < 1.29 is 38.2 Å². The quantitative estimate of drug-likeness (QED) is 0.0281. The Kier molecular flexibility index (Phi) is 47.9. The van der Waals surface area contributed by atoms with Crippen molar-refractivity contribution >= 4 is 17.9 Å². The second-order valence-corrected chi connectivity index (χ2v) is 19.4. The summed E-state index contributed by atoms with van der Waals surface area (Å²) in [6.45, 7) is 4.51. The predicted octanol–water partition coefficient (Wildman–Crippen LogP) is 16.6. The van der Waals surface area contributed by atoms with E-state index in [1.807, 2.05) is 21.1 Å². The number of carboxylic acids is 1. The molecule has 0 aliphatic carbocycles. The number of carboxylic acid groups (broad SMARTS) is 1. The number of allylic oxidation sites excluding steroid dienone is 16. The molecule has 0 rings (SSSR count). The van der Waals surface area contributed by atoms with Crippen molar-refractivity contribution in [1.82, 2.24) is 0 Å². The number of likely N-dealkylation sites (N-methyl/N-ethyl adjacent to an activating group) is 1. The van der Waals surface area contributed by atoms with Crippen LogP contribution in [0.25, 0.3) is 0 Å². The van der Waals surface area contributed by atoms with E-state index in [0.717, 1.165) is 96.3 Å². The number of esters is 2. The monoisotopic (exact) mass is 963 g/mol. The zero-order valence-corrected chi connectivity index (χ0v) is 45.0. The van der Waals surface area contributed by atoms with Crippen molar-refractivity contribution in [2.75, 3.05) is 41.0 Å². The summed E-state index contributed by atoms with van der Waals surface area (Å²) in [5, 5.41) is 9.68. The van der Waals surface area contributed by atoms with E-state index >= 15 is 0 Å². The van der Waals surface area contributed by atoms with E-state index in [4.69, 9.17) is 14.2 Å². The molecule has 0 aliphatic rings. The van der Waals surface area contributed by atoms with Crippen molar-refractivity contribution in [2.45, 2.75) is 231 Å². The lowest BCUT2D eigenvalue weighted by Crippen LogP contribution is -2.50. The highest BCUT2D eigenvalue weighted by molar-refractivity contribution is 5.72. The van der Waals surface area contributed by atoms with Gasteiger partial charge in [-0.1, -0.05) is 207 Å². The van der Waals surface area contributed by atoms with Crippen LogP contribution in [0.4, 0.5) is 0 Å². The topological polar surface area (TPSA) is 99.1 Å². The van der Waals surface area contributed by atoms with Gasteiger partial charge in [-0.25, -0.2) is 4.79 Å². The smallest absolute Gasteiger partial charge is 0.362 e. The number of carbonyl (C=O) groups is 3. The van der Waals surface area contributed by atoms with Crippen LogP contribution in [0.3, 0.4) is 0 Å². The highest BCUT2D eigenvalue weighted by atomic mass is 16.6. The molecule has 0 aromatic rings. The zero-order chi connectivity index (χ0) is 50.6. The first kappa shape index (κ1) is 65.2. The Morgan fingerprint density at radius 3 is 1.13 bits per heavy atom. The third-order valence-electron chi connectivity index (χ3n) is 12.0. The van der Waals surface area contributed by atoms with E-state index < -0.39 is 18.1 Å². The van der Waals surface area contributed by atoms with Crippen molar-refractivity contribution in [3.05, 3.63) is 97.2 Å². The van der Waals surface area contributed by atoms with Crippen molar-refractivity contribution in [3.63, 3.8) is 0 Å². The number of nitrogens with zero attached hydrogens (tertiary/aromatic N) is 1. The van der Waals surface area contributed by atoms with Gasteiger partial charge >= 0.3 is 17.9 Å². The number of carbonyl (C=O) groups excluding carboxylic acids is 2. The number of quaternary nitrogens is 1. The Morgan fingerprint density at radius 1 is 0.435 bits per heavy atom. The van der Waals surface area contributed by atoms with Crippen molar-refractivity contribution in [3.8, 4) is 0 Å². The van der Waals surface area contributed by atoms with Gasteiger partial charge in [-0.15, -0.1) is 0 Å². The van der Waals surface area contributed by atoms with Crippen LogP contribution in [-0.2, 0) is 28.6 Å². The molecule has 0 aromatic carbocycles. The fourth-order valence-corrected chi connectivity index (χ4v) is 7.78. The fraction of sp³-hybridized carbons (Fsp3) is 0.689. The van der Waals surface area contributed by atoms with Crippen LogP contribution in [-0.4, -0.2) is 80.6 Å². The number of hydrogen-bond donors (Lipinski definition) is 1. The van der Waals surface area contributed by atoms with Gasteiger partial charge < -0.3 is 23.8 Å². The minimum atomic E-state index is -0.878. The van der Waals surface area contributed by atoms with Crippen LogP contribution < -0.4 is 0 Å². The molecule has 0 heterocycles. The summed E-state index contributed by atoms with van der Waals surface area (Å²) in [6.07, 6.45) is 68.9. The first-order valence-electron chi connectivity index (χ1n) is 27.8. The lowest BCUT2D eigenvalue weighted by molar-refractivity contribution is -0.887. The van der Waals surface area contributed by atoms with Crippen LogP contribution >= 0.6 is 0 Å². The zero-order valence-electron chi connectivity index (χ0n) is 45.0. The predicted molar refractivity (Wildman–Crippen MR) is 293 cm³/mol. The van der Waals surface area contributed by atoms with Gasteiger partial charge in [0.15, 0.2) is 12.1 Å². The Morgan fingerprint density at radius 2 is 0.768 bits per heavy atom. The molecule has 8 nitrogen and oxygen atoms in total. The first-order chi connectivity index (χ1) is 33.6. The largest absolute Gasteiger partial charge is 0.477 e. The first-order valence-corrected chi connectivity index (χ1v) is 27.8. The standard InChI is InChI=1S/C61H103NO7/c1-6-8-10-12-14-16-18-20-22-24-26-28-30-32-34-36-38-40-42-44-46-48-50-52-60(64)69-57(55-67-54-53-58(61(65)66)62(3,4)5)56-68-59(63)51-49-47-45-43-41-39-37-35-33-31-29-27-25-23-21-19-17-15-13-11-9-7-2/h8-11,14-17,20-23,26-29,57-58H,6-7,12-13,18-19,24-25,30-56H2,1-5H3/p+1/b10-8+,11-9+,16-14+,17-15+,22-20+,23-21+,28-26+,29-27+. The second-order valence-electron chi connectivity index (χ2n) is 19.4. The summed E-state index contributed by atoms with van der Waals surface area (Å²) in [5.74, 6) is -1.48. The van der Waals surface area contributed by atoms with Gasteiger partial charge in [-0.2, -0.15) is 0 Å². The van der Waals surface area contributed by atoms with Gasteiger partial charge in [-0.3, -0.25) is 9.59 Å². The lowest BCUT2D eigenvalue weighted by Gasteiger charge is -2.31. The lowest BCUT2D eigenvalue weighted by atomic mass is 10.0. The summed E-state index contributed by atoms with van der Waals surface area (Å²) in [6, 6.07) is -0.622. The van der Waals surface area contributed by atoms with Crippen LogP contribution in [0.2, 0.25) is 0 Å². The van der Waals surface area contributed by atoms with E-state index in [9.17, 15) is 19.5 Å². The molecule has 0 aromatic heterocycles. The molecule has 8 heteroatoms. The van der Waals surface area contributed by atoms with Crippen LogP contribution in [0.5, 0.6) is 0 Å². The second kappa shape index (κ2) is 50.6. The molecule has 0 fully saturated rings. The summed E-state index contributed by atoms with van der Waals surface area (Å²) in [5.41, 5.74) is 0. The Labute approximate surface area is 424 Å². The molecule has 1 N–H and O–H groups in total. The number of unbranched alkanes of at least 4 members (excludes halogenated alkanes) is 19. The Hall–Kier alpha value is -3.75. The highest BCUT2D eigenvalue weighted by Crippen LogP contribution is 2.15. The molecule has 2 unspecified atom stereocenters. The highest BCUT2D eigenvalue weighted by Gasteiger charge is 2.31. The average Bonchev–Trinajstić information content (AvgIpc) is 3.31. The molecule has 0 saturated carbocycles. The molecule has 69 heavy (non-hydrogen) atoms. The molecule has 394 valence electrons. The number of rotatable bonds is 49. The van der Waals surface area contributed by atoms with Crippen molar-refractivity contribution in [2.24, 2.45) is 0 Å². The van der Waals surface area contributed by atoms with Gasteiger partial charge in [0.05, 0.1) is 34.4 Å². The third-order valence-corrected chi connectivity index (χ3v) is 12.0. The van der Waals surface area contributed by atoms with Gasteiger partial charge in [0.1, 0.15) is 6.61 Å². The molecule has 0 bridgehead atoms.